The fraction of sp³-hybridized carbons (Fsp3) is 0.208. The molecule has 0 amide bonds. The number of H-pyrrole nitrogens is 1. The van der Waals surface area contributed by atoms with E-state index in [4.69, 9.17) is 9.47 Å². The van der Waals surface area contributed by atoms with Gasteiger partial charge in [0.15, 0.2) is 11.3 Å². The maximum Gasteiger partial charge on any atom is 0.347 e. The minimum absolute atomic E-state index is 0.0322. The number of ether oxygens (including phenoxy) is 2. The highest BCUT2D eigenvalue weighted by atomic mass is 16.5. The number of allylic oxidation sites excluding steroid dienone is 1. The number of aryl methyl sites for hydroxylation is 1. The summed E-state index contributed by atoms with van der Waals surface area (Å²) in [6.45, 7) is 4.51. The number of aromatic nitrogens is 2. The van der Waals surface area contributed by atoms with Crippen LogP contribution in [-0.4, -0.2) is 35.4 Å². The van der Waals surface area contributed by atoms with Gasteiger partial charge in [-0.05, 0) is 56.3 Å². The third-order valence-corrected chi connectivity index (χ3v) is 5.06. The van der Waals surface area contributed by atoms with Gasteiger partial charge < -0.3 is 25.1 Å². The number of benzene rings is 1. The molecule has 164 valence electrons. The Morgan fingerprint density at radius 2 is 2.16 bits per heavy atom. The van der Waals surface area contributed by atoms with Gasteiger partial charge in [0, 0.05) is 35.6 Å². The Hall–Kier alpha value is -3.91. The maximum absolute atomic E-state index is 13.1. The number of nitrogens with zero attached hydrogens (tertiary/aromatic N) is 1. The van der Waals surface area contributed by atoms with E-state index in [2.05, 4.69) is 20.6 Å². The van der Waals surface area contributed by atoms with Gasteiger partial charge in [-0.2, -0.15) is 0 Å². The van der Waals surface area contributed by atoms with Crippen LogP contribution in [0.5, 0.6) is 0 Å². The van der Waals surface area contributed by atoms with Crippen molar-refractivity contribution in [3.8, 4) is 0 Å². The van der Waals surface area contributed by atoms with Crippen LogP contribution in [0.25, 0.3) is 17.1 Å². The number of rotatable bonds is 7. The number of ketones is 1. The lowest BCUT2D eigenvalue weighted by Gasteiger charge is -2.12. The molecular weight excluding hydrogens is 408 g/mol. The molecule has 1 aliphatic heterocycles. The van der Waals surface area contributed by atoms with Crippen LogP contribution in [0.1, 0.15) is 23.6 Å². The monoisotopic (exact) mass is 432 g/mol. The molecule has 3 heterocycles. The lowest BCUT2D eigenvalue weighted by molar-refractivity contribution is -0.139. The first-order valence-corrected chi connectivity index (χ1v) is 10.3. The number of pyridine rings is 1. The molecular formula is C24H24N4O4. The highest BCUT2D eigenvalue weighted by molar-refractivity contribution is 6.26. The summed E-state index contributed by atoms with van der Waals surface area (Å²) >= 11 is 0. The summed E-state index contributed by atoms with van der Waals surface area (Å²) in [6, 6.07) is 9.57. The van der Waals surface area contributed by atoms with E-state index in [0.717, 1.165) is 34.3 Å². The molecule has 8 nitrogen and oxygen atoms in total. The molecule has 0 fully saturated rings. The summed E-state index contributed by atoms with van der Waals surface area (Å²) in [6.07, 6.45) is 5.01. The lowest BCUT2D eigenvalue weighted by Crippen LogP contribution is -2.16. The number of hydrogen-bond donors (Lipinski definition) is 3. The summed E-state index contributed by atoms with van der Waals surface area (Å²) in [5, 5.41) is 7.05. The summed E-state index contributed by atoms with van der Waals surface area (Å²) in [5.74, 6) is -1.17. The molecule has 0 saturated carbocycles. The van der Waals surface area contributed by atoms with Crippen molar-refractivity contribution in [3.05, 3.63) is 76.6 Å². The first kappa shape index (κ1) is 21.3. The van der Waals surface area contributed by atoms with Gasteiger partial charge in [-0.25, -0.2) is 9.78 Å². The Bertz CT molecular complexity index is 1260. The van der Waals surface area contributed by atoms with Crippen molar-refractivity contribution in [1.29, 1.82) is 0 Å². The summed E-state index contributed by atoms with van der Waals surface area (Å²) in [5.41, 5.74) is 4.06. The van der Waals surface area contributed by atoms with Gasteiger partial charge in [0.1, 0.15) is 5.65 Å². The van der Waals surface area contributed by atoms with E-state index in [1.54, 1.807) is 25.4 Å². The molecule has 0 aliphatic carbocycles. The van der Waals surface area contributed by atoms with Crippen LogP contribution < -0.4 is 10.6 Å². The van der Waals surface area contributed by atoms with E-state index in [9.17, 15) is 9.59 Å². The Labute approximate surface area is 185 Å². The van der Waals surface area contributed by atoms with Gasteiger partial charge in [0.05, 0.1) is 6.61 Å². The van der Waals surface area contributed by atoms with Crippen molar-refractivity contribution in [2.24, 2.45) is 0 Å². The number of hydrogen-bond acceptors (Lipinski definition) is 7. The zero-order valence-corrected chi connectivity index (χ0v) is 18.1. The van der Waals surface area contributed by atoms with Crippen molar-refractivity contribution < 1.29 is 19.1 Å². The molecule has 4 rings (SSSR count). The largest absolute Gasteiger partial charge is 0.462 e. The van der Waals surface area contributed by atoms with E-state index < -0.39 is 11.8 Å². The normalized spacial score (nSPS) is 14.8. The van der Waals surface area contributed by atoms with Crippen LogP contribution >= 0.6 is 0 Å². The fourth-order valence-corrected chi connectivity index (χ4v) is 3.55. The van der Waals surface area contributed by atoms with Gasteiger partial charge in [-0.3, -0.25) is 4.79 Å². The summed E-state index contributed by atoms with van der Waals surface area (Å²) < 4.78 is 11.0. The summed E-state index contributed by atoms with van der Waals surface area (Å²) in [4.78, 5) is 33.0. The molecule has 0 saturated heterocycles. The highest BCUT2D eigenvalue weighted by Gasteiger charge is 2.37. The molecule has 3 aromatic rings. The van der Waals surface area contributed by atoms with E-state index >= 15 is 0 Å². The quantitative estimate of drug-likeness (QED) is 0.298. The molecule has 2 aromatic heterocycles. The van der Waals surface area contributed by atoms with E-state index in [1.165, 1.54) is 0 Å². The van der Waals surface area contributed by atoms with E-state index in [1.807, 2.05) is 44.3 Å². The van der Waals surface area contributed by atoms with Crippen molar-refractivity contribution >= 4 is 34.5 Å². The second-order valence-corrected chi connectivity index (χ2v) is 7.31. The first-order chi connectivity index (χ1) is 15.5. The average molecular weight is 432 g/mol. The topological polar surface area (TPSA) is 105 Å². The van der Waals surface area contributed by atoms with Crippen LogP contribution in [0.3, 0.4) is 0 Å². The number of Topliss-reactive ketones (excluding diaryl/α,β-unsaturated/α-hetero) is 1. The van der Waals surface area contributed by atoms with E-state index in [-0.39, 0.29) is 23.8 Å². The number of fused-ring (bicyclic) bond motifs is 1. The first-order valence-electron chi connectivity index (χ1n) is 10.3. The van der Waals surface area contributed by atoms with Crippen molar-refractivity contribution in [2.45, 2.75) is 20.4 Å². The SMILES string of the molecule is CCOC(=O)C1=C(Nc2ccc(CNC)cc2C)OC(=Cc2c[nH]c3ncccc23)C1=O. The molecule has 32 heavy (non-hydrogen) atoms. The van der Waals surface area contributed by atoms with Gasteiger partial charge >= 0.3 is 5.97 Å². The number of nitrogens with one attached hydrogen (secondary N) is 3. The number of aromatic amines is 1. The number of carbonyl (C=O) groups excluding carboxylic acids is 2. The van der Waals surface area contributed by atoms with Gasteiger partial charge in [-0.1, -0.05) is 12.1 Å². The predicted molar refractivity (Wildman–Crippen MR) is 121 cm³/mol. The Morgan fingerprint density at radius 1 is 1.31 bits per heavy atom. The lowest BCUT2D eigenvalue weighted by atomic mass is 10.1. The second-order valence-electron chi connectivity index (χ2n) is 7.31. The van der Waals surface area contributed by atoms with Gasteiger partial charge in [0.2, 0.25) is 11.7 Å². The molecule has 1 aromatic carbocycles. The molecule has 0 spiro atoms. The molecule has 3 N–H and O–H groups in total. The molecule has 8 heteroatoms. The summed E-state index contributed by atoms with van der Waals surface area (Å²) in [7, 11) is 1.88. The zero-order chi connectivity index (χ0) is 22.7. The van der Waals surface area contributed by atoms with E-state index in [0.29, 0.717) is 5.65 Å². The highest BCUT2D eigenvalue weighted by Crippen LogP contribution is 2.31. The number of carbonyl (C=O) groups is 2. The fourth-order valence-electron chi connectivity index (χ4n) is 3.55. The van der Waals surface area contributed by atoms with Crippen LogP contribution in [0.4, 0.5) is 5.69 Å². The second kappa shape index (κ2) is 9.07. The molecule has 0 radical (unpaired) electrons. The smallest absolute Gasteiger partial charge is 0.347 e. The number of anilines is 1. The third kappa shape index (κ3) is 4.13. The van der Waals surface area contributed by atoms with Crippen molar-refractivity contribution in [3.63, 3.8) is 0 Å². The van der Waals surface area contributed by atoms with Crippen LogP contribution in [0.2, 0.25) is 0 Å². The maximum atomic E-state index is 13.1. The van der Waals surface area contributed by atoms with Crippen LogP contribution in [0, 0.1) is 6.92 Å². The minimum atomic E-state index is -0.728. The Morgan fingerprint density at radius 3 is 2.91 bits per heavy atom. The Kier molecular flexibility index (Phi) is 6.04. The average Bonchev–Trinajstić information content (AvgIpc) is 3.32. The molecule has 1 aliphatic rings. The van der Waals surface area contributed by atoms with Crippen molar-refractivity contribution in [2.75, 3.05) is 19.0 Å². The minimum Gasteiger partial charge on any atom is -0.462 e. The van der Waals surface area contributed by atoms with Crippen molar-refractivity contribution in [1.82, 2.24) is 15.3 Å². The molecule has 0 bridgehead atoms. The molecule has 0 unspecified atom stereocenters. The third-order valence-electron chi connectivity index (χ3n) is 5.06. The van der Waals surface area contributed by atoms with Gasteiger partial charge in [-0.15, -0.1) is 0 Å². The standard InChI is InChI=1S/C24H24N4O4/c1-4-31-24(30)20-21(29)19(11-16-13-27-22-17(16)6-5-9-26-22)32-23(20)28-18-8-7-15(12-25-3)10-14(18)2/h5-11,13,25,28H,4,12H2,1-3H3,(H,26,27). The number of esters is 1. The van der Waals surface area contributed by atoms with Gasteiger partial charge in [0.25, 0.3) is 0 Å². The molecule has 0 atom stereocenters. The van der Waals surface area contributed by atoms with Crippen LogP contribution in [-0.2, 0) is 25.6 Å². The predicted octanol–water partition coefficient (Wildman–Crippen LogP) is 3.42. The zero-order valence-electron chi connectivity index (χ0n) is 18.1. The van der Waals surface area contributed by atoms with Crippen LogP contribution in [0.15, 0.2) is 59.9 Å². The Balaban J connectivity index is 1.68.